The van der Waals surface area contributed by atoms with Crippen molar-refractivity contribution in [1.82, 2.24) is 14.9 Å². The molecule has 0 radical (unpaired) electrons. The second kappa shape index (κ2) is 12.1. The van der Waals surface area contributed by atoms with Gasteiger partial charge in [0.25, 0.3) is 5.56 Å². The van der Waals surface area contributed by atoms with Gasteiger partial charge in [-0.05, 0) is 63.6 Å². The Balaban J connectivity index is 1.63. The van der Waals surface area contributed by atoms with E-state index in [0.717, 1.165) is 10.9 Å². The lowest BCUT2D eigenvalue weighted by Gasteiger charge is -2.43. The summed E-state index contributed by atoms with van der Waals surface area (Å²) in [4.78, 5) is 70.3. The number of pyridine rings is 2. The largest absolute Gasteiger partial charge is 0.458 e. The number of hydrogen-bond acceptors (Lipinski definition) is 10. The normalized spacial score (nSPS) is 18.4. The minimum Gasteiger partial charge on any atom is -0.458 e. The first-order valence-electron chi connectivity index (χ1n) is 15.4. The molecule has 5 rings (SSSR count). The highest BCUT2D eigenvalue weighted by atomic mass is 28.3. The van der Waals surface area contributed by atoms with Gasteiger partial charge >= 0.3 is 24.0 Å². The third-order valence-electron chi connectivity index (χ3n) is 8.23. The van der Waals surface area contributed by atoms with E-state index in [2.05, 4.69) is 11.9 Å². The molecule has 1 amide bonds. The molecule has 0 aliphatic carbocycles. The lowest BCUT2D eigenvalue weighted by Crippen LogP contribution is -2.54. The Bertz CT molecular complexity index is 1890. The molecule has 2 aromatic heterocycles. The molecular formula is C34H39N3O9Si. The van der Waals surface area contributed by atoms with Crippen LogP contribution in [0, 0.1) is 0 Å². The van der Waals surface area contributed by atoms with Gasteiger partial charge in [-0.25, -0.2) is 14.6 Å². The number of fused-ring (bicyclic) bond motifs is 5. The number of rotatable bonds is 8. The molecule has 12 nitrogen and oxygen atoms in total. The van der Waals surface area contributed by atoms with Crippen LogP contribution in [0.5, 0.6) is 5.75 Å². The molecule has 0 bridgehead atoms. The number of esters is 3. The Morgan fingerprint density at radius 1 is 1.19 bits per heavy atom. The molecule has 2 atom stereocenters. The number of allylic oxidation sites excluding steroid dienone is 1. The van der Waals surface area contributed by atoms with Gasteiger partial charge in [0.15, 0.2) is 0 Å². The summed E-state index contributed by atoms with van der Waals surface area (Å²) in [6, 6.07) is 9.22. The summed E-state index contributed by atoms with van der Waals surface area (Å²) in [7, 11) is -2.51. The first-order valence-corrected chi connectivity index (χ1v) is 18.7. The summed E-state index contributed by atoms with van der Waals surface area (Å²) >= 11 is 0. The van der Waals surface area contributed by atoms with Crippen LogP contribution in [0.2, 0.25) is 19.1 Å². The number of hydrogen-bond donors (Lipinski definition) is 1. The number of carbonyl (C=O) groups is 4. The molecule has 2 aliphatic rings. The van der Waals surface area contributed by atoms with E-state index in [0.29, 0.717) is 28.7 Å². The van der Waals surface area contributed by atoms with Crippen LogP contribution in [-0.2, 0) is 40.7 Å². The Kier molecular flexibility index (Phi) is 8.65. The van der Waals surface area contributed by atoms with Crippen molar-refractivity contribution in [2.24, 2.45) is 0 Å². The van der Waals surface area contributed by atoms with Gasteiger partial charge in [0, 0.05) is 23.4 Å². The summed E-state index contributed by atoms with van der Waals surface area (Å²) in [5.74, 6) is -1.77. The van der Waals surface area contributed by atoms with Crippen LogP contribution >= 0.6 is 0 Å². The fourth-order valence-corrected chi connectivity index (χ4v) is 8.58. The zero-order valence-corrected chi connectivity index (χ0v) is 28.6. The standard InChI is InChI=1S/C34H39N3O9Si/c1-9-13-47(7,8)30-27-23(34(10-2,31(41)44-30)45-26(39)17-35-32(42)46-33(4,5)6)16-25-28-21(18-37(25)29(27)40)14-20-15-22(43-19(3)38)11-12-24(20)36-28/h9,11-12,14-16,30H,1,10,13,17-18H2,2-8H3,(H,35,42). The summed E-state index contributed by atoms with van der Waals surface area (Å²) < 4.78 is 24.0. The van der Waals surface area contributed by atoms with Crippen LogP contribution in [-0.4, -0.2) is 53.8 Å². The van der Waals surface area contributed by atoms with Gasteiger partial charge in [0.2, 0.25) is 5.60 Å². The Hall–Kier alpha value is -4.78. The molecule has 47 heavy (non-hydrogen) atoms. The molecule has 0 fully saturated rings. The summed E-state index contributed by atoms with van der Waals surface area (Å²) in [6.07, 6.45) is 0.895. The lowest BCUT2D eigenvalue weighted by atomic mass is 9.85. The third-order valence-corrected chi connectivity index (χ3v) is 11.4. The summed E-state index contributed by atoms with van der Waals surface area (Å²) in [5.41, 5.74) is -1.08. The lowest BCUT2D eigenvalue weighted by molar-refractivity contribution is -0.190. The van der Waals surface area contributed by atoms with E-state index < -0.39 is 55.5 Å². The van der Waals surface area contributed by atoms with Crippen LogP contribution < -0.4 is 15.6 Å². The second-order valence-corrected chi connectivity index (χ2v) is 18.4. The predicted molar refractivity (Wildman–Crippen MR) is 175 cm³/mol. The molecule has 13 heteroatoms. The molecule has 2 aliphatic heterocycles. The van der Waals surface area contributed by atoms with Crippen molar-refractivity contribution in [2.45, 2.75) is 83.7 Å². The summed E-state index contributed by atoms with van der Waals surface area (Å²) in [5, 5.41) is 3.08. The van der Waals surface area contributed by atoms with Gasteiger partial charge in [0.05, 0.1) is 29.0 Å². The number of aromatic nitrogens is 2. The molecule has 0 spiro atoms. The van der Waals surface area contributed by atoms with Gasteiger partial charge in [-0.2, -0.15) is 0 Å². The van der Waals surface area contributed by atoms with Crippen molar-refractivity contribution in [1.29, 1.82) is 0 Å². The maximum Gasteiger partial charge on any atom is 0.408 e. The van der Waals surface area contributed by atoms with Gasteiger partial charge in [-0.1, -0.05) is 26.1 Å². The van der Waals surface area contributed by atoms with E-state index in [4.69, 9.17) is 23.9 Å². The zero-order chi connectivity index (χ0) is 34.5. The third kappa shape index (κ3) is 6.31. The van der Waals surface area contributed by atoms with E-state index in [1.165, 1.54) is 6.92 Å². The van der Waals surface area contributed by atoms with Crippen LogP contribution in [0.4, 0.5) is 4.79 Å². The predicted octanol–water partition coefficient (Wildman–Crippen LogP) is 5.06. The molecule has 0 saturated carbocycles. The average Bonchev–Trinajstić information content (AvgIpc) is 3.32. The van der Waals surface area contributed by atoms with Crippen LogP contribution in [0.25, 0.3) is 22.3 Å². The maximum absolute atomic E-state index is 14.5. The monoisotopic (exact) mass is 661 g/mol. The second-order valence-electron chi connectivity index (χ2n) is 13.5. The van der Waals surface area contributed by atoms with Crippen molar-refractivity contribution in [3.63, 3.8) is 0 Å². The van der Waals surface area contributed by atoms with E-state index in [-0.39, 0.29) is 29.7 Å². The first kappa shape index (κ1) is 33.6. The van der Waals surface area contributed by atoms with Crippen LogP contribution in [0.3, 0.4) is 0 Å². The highest BCUT2D eigenvalue weighted by Crippen LogP contribution is 2.47. The molecule has 0 saturated heterocycles. The highest BCUT2D eigenvalue weighted by molar-refractivity contribution is 6.79. The average molecular weight is 662 g/mol. The van der Waals surface area contributed by atoms with E-state index in [1.807, 2.05) is 19.2 Å². The van der Waals surface area contributed by atoms with Crippen molar-refractivity contribution in [3.8, 4) is 17.1 Å². The Morgan fingerprint density at radius 3 is 2.55 bits per heavy atom. The van der Waals surface area contributed by atoms with Crippen molar-refractivity contribution in [3.05, 3.63) is 70.0 Å². The topological polar surface area (TPSA) is 152 Å². The molecule has 1 N–H and O–H groups in total. The zero-order valence-electron chi connectivity index (χ0n) is 27.6. The van der Waals surface area contributed by atoms with Gasteiger partial charge < -0.3 is 28.8 Å². The summed E-state index contributed by atoms with van der Waals surface area (Å²) in [6.45, 7) is 15.6. The van der Waals surface area contributed by atoms with Gasteiger partial charge in [-0.3, -0.25) is 14.4 Å². The molecule has 4 heterocycles. The van der Waals surface area contributed by atoms with E-state index in [1.54, 1.807) is 62.6 Å². The number of cyclic esters (lactones) is 1. The minimum absolute atomic E-state index is 0.0347. The fraction of sp³-hybridized carbons (Fsp3) is 0.412. The molecule has 3 aromatic rings. The number of amides is 1. The highest BCUT2D eigenvalue weighted by Gasteiger charge is 2.56. The van der Waals surface area contributed by atoms with Crippen molar-refractivity contribution < 1.29 is 38.1 Å². The first-order chi connectivity index (χ1) is 22.0. The molecule has 1 aromatic carbocycles. The number of alkyl carbamates (subject to hydrolysis) is 1. The van der Waals surface area contributed by atoms with E-state index in [9.17, 15) is 24.0 Å². The van der Waals surface area contributed by atoms with Crippen molar-refractivity contribution in [2.75, 3.05) is 6.54 Å². The molecular weight excluding hydrogens is 622 g/mol. The van der Waals surface area contributed by atoms with Gasteiger partial charge in [-0.15, -0.1) is 6.58 Å². The minimum atomic E-state index is -2.51. The Labute approximate surface area is 273 Å². The van der Waals surface area contributed by atoms with Crippen LogP contribution in [0.1, 0.15) is 63.5 Å². The molecule has 248 valence electrons. The van der Waals surface area contributed by atoms with E-state index >= 15 is 0 Å². The maximum atomic E-state index is 14.5. The number of nitrogens with one attached hydrogen (secondary N) is 1. The number of ether oxygens (including phenoxy) is 4. The number of carbonyl (C=O) groups excluding carboxylic acids is 4. The smallest absolute Gasteiger partial charge is 0.408 e. The van der Waals surface area contributed by atoms with Crippen LogP contribution in [0.15, 0.2) is 47.8 Å². The number of nitrogens with zero attached hydrogens (tertiary/aromatic N) is 2. The number of benzene rings is 1. The molecule has 2 unspecified atom stereocenters. The quantitative estimate of drug-likeness (QED) is 0.0892. The fourth-order valence-electron chi connectivity index (χ4n) is 6.14. The Morgan fingerprint density at radius 2 is 1.91 bits per heavy atom. The van der Waals surface area contributed by atoms with Gasteiger partial charge in [0.1, 0.15) is 31.7 Å². The SMILES string of the molecule is C=CC[Si](C)(C)C1OC(=O)C(CC)(OC(=O)CNC(=O)OC(C)(C)C)c2cc3n(c(=O)c21)Cc1cc2cc(OC(C)=O)ccc2nc1-3. The van der Waals surface area contributed by atoms with Crippen molar-refractivity contribution >= 4 is 43.0 Å².